The molecule has 0 saturated carbocycles. The standard InChI is InChI=1S/C24H45N3O2Si2/c1-23(2,3)30(7,8)28-16-18-11-13-21(26-18)20(15-25)22-14-12-19(27-22)17-29-31(9,10)24(4,5)6/h18-19,26H,11-14,16-17H2,1-10H3/b21-20-/t18-,19-/m0/s1. The highest BCUT2D eigenvalue weighted by Gasteiger charge is 2.39. The lowest BCUT2D eigenvalue weighted by atomic mass is 10.1. The summed E-state index contributed by atoms with van der Waals surface area (Å²) in [5.74, 6) is 0. The van der Waals surface area contributed by atoms with Crippen LogP contribution in [0.4, 0.5) is 0 Å². The average Bonchev–Trinajstić information content (AvgIpc) is 3.27. The number of aliphatic imine (C=N–C) groups is 1. The summed E-state index contributed by atoms with van der Waals surface area (Å²) >= 11 is 0. The molecule has 2 rings (SSSR count). The molecule has 2 aliphatic rings. The maximum Gasteiger partial charge on any atom is 0.192 e. The van der Waals surface area contributed by atoms with Crippen molar-refractivity contribution in [3.8, 4) is 6.07 Å². The Morgan fingerprint density at radius 3 is 2.03 bits per heavy atom. The van der Waals surface area contributed by atoms with E-state index in [4.69, 9.17) is 13.8 Å². The minimum absolute atomic E-state index is 0.173. The lowest BCUT2D eigenvalue weighted by molar-refractivity contribution is 0.255. The van der Waals surface area contributed by atoms with Crippen molar-refractivity contribution < 1.29 is 8.85 Å². The third-order valence-corrected chi connectivity index (χ3v) is 16.8. The zero-order valence-electron chi connectivity index (χ0n) is 21.6. The molecule has 0 radical (unpaired) electrons. The lowest BCUT2D eigenvalue weighted by Gasteiger charge is -2.37. The number of hydrogen-bond acceptors (Lipinski definition) is 5. The van der Waals surface area contributed by atoms with Gasteiger partial charge < -0.3 is 14.2 Å². The van der Waals surface area contributed by atoms with E-state index in [1.165, 1.54) is 0 Å². The van der Waals surface area contributed by atoms with Crippen molar-refractivity contribution in [3.05, 3.63) is 11.3 Å². The van der Waals surface area contributed by atoms with Gasteiger partial charge in [-0.2, -0.15) is 5.26 Å². The van der Waals surface area contributed by atoms with E-state index in [1.54, 1.807) is 0 Å². The van der Waals surface area contributed by atoms with Crippen LogP contribution in [0.25, 0.3) is 0 Å². The number of nitrogens with zero attached hydrogens (tertiary/aromatic N) is 2. The summed E-state index contributed by atoms with van der Waals surface area (Å²) in [6.07, 6.45) is 3.75. The van der Waals surface area contributed by atoms with Gasteiger partial charge in [-0.15, -0.1) is 0 Å². The highest BCUT2D eigenvalue weighted by Crippen LogP contribution is 2.38. The van der Waals surface area contributed by atoms with Gasteiger partial charge in [-0.05, 0) is 61.9 Å². The van der Waals surface area contributed by atoms with Gasteiger partial charge in [0.1, 0.15) is 6.07 Å². The molecule has 2 atom stereocenters. The molecule has 31 heavy (non-hydrogen) atoms. The number of nitrogens with one attached hydrogen (secondary N) is 1. The third-order valence-electron chi connectivity index (χ3n) is 7.77. The van der Waals surface area contributed by atoms with Gasteiger partial charge in [-0.3, -0.25) is 4.99 Å². The van der Waals surface area contributed by atoms with Crippen LogP contribution in [0.15, 0.2) is 16.3 Å². The molecule has 1 fully saturated rings. The summed E-state index contributed by atoms with van der Waals surface area (Å²) in [5.41, 5.74) is 2.76. The van der Waals surface area contributed by atoms with Gasteiger partial charge >= 0.3 is 0 Å². The van der Waals surface area contributed by atoms with Crippen LogP contribution in [0, 0.1) is 11.3 Å². The maximum atomic E-state index is 9.87. The monoisotopic (exact) mass is 463 g/mol. The van der Waals surface area contributed by atoms with Gasteiger partial charge in [-0.1, -0.05) is 41.5 Å². The molecule has 0 aromatic heterocycles. The first-order chi connectivity index (χ1) is 14.1. The molecule has 1 saturated heterocycles. The molecule has 0 bridgehead atoms. The van der Waals surface area contributed by atoms with Gasteiger partial charge in [-0.25, -0.2) is 0 Å². The number of hydrogen-bond donors (Lipinski definition) is 1. The van der Waals surface area contributed by atoms with E-state index in [0.29, 0.717) is 13.2 Å². The van der Waals surface area contributed by atoms with Gasteiger partial charge in [0.15, 0.2) is 16.6 Å². The first-order valence-electron chi connectivity index (χ1n) is 11.8. The zero-order valence-corrected chi connectivity index (χ0v) is 23.6. The first kappa shape index (κ1) is 26.3. The fourth-order valence-electron chi connectivity index (χ4n) is 3.35. The van der Waals surface area contributed by atoms with Crippen molar-refractivity contribution in [2.45, 2.75) is 116 Å². The van der Waals surface area contributed by atoms with E-state index in [9.17, 15) is 5.26 Å². The van der Waals surface area contributed by atoms with Crippen molar-refractivity contribution in [2.24, 2.45) is 4.99 Å². The van der Waals surface area contributed by atoms with Crippen molar-refractivity contribution >= 4 is 22.3 Å². The zero-order chi connectivity index (χ0) is 23.7. The third kappa shape index (κ3) is 6.53. The molecule has 2 aliphatic heterocycles. The second kappa shape index (κ2) is 9.50. The highest BCUT2D eigenvalue weighted by molar-refractivity contribution is 6.74. The predicted octanol–water partition coefficient (Wildman–Crippen LogP) is 6.16. The largest absolute Gasteiger partial charge is 0.415 e. The minimum atomic E-state index is -1.77. The molecule has 0 aromatic rings. The molecule has 176 valence electrons. The lowest BCUT2D eigenvalue weighted by Crippen LogP contribution is -2.43. The molecule has 5 nitrogen and oxygen atoms in total. The second-order valence-corrected chi connectivity index (χ2v) is 21.9. The topological polar surface area (TPSA) is 66.6 Å². The normalized spacial score (nSPS) is 24.6. The molecular weight excluding hydrogens is 418 g/mol. The molecule has 0 aromatic carbocycles. The Morgan fingerprint density at radius 2 is 1.52 bits per heavy atom. The Hall–Kier alpha value is -0.946. The average molecular weight is 464 g/mol. The summed E-state index contributed by atoms with van der Waals surface area (Å²) in [6.45, 7) is 24.1. The molecule has 0 unspecified atom stereocenters. The number of allylic oxidation sites excluding steroid dienone is 2. The van der Waals surface area contributed by atoms with Crippen LogP contribution in [-0.4, -0.2) is 47.6 Å². The first-order valence-corrected chi connectivity index (χ1v) is 17.6. The molecule has 2 heterocycles. The Bertz CT molecular complexity index is 752. The van der Waals surface area contributed by atoms with E-state index in [1.807, 2.05) is 0 Å². The van der Waals surface area contributed by atoms with Crippen LogP contribution in [0.5, 0.6) is 0 Å². The van der Waals surface area contributed by atoms with Crippen LogP contribution >= 0.6 is 0 Å². The number of rotatable bonds is 7. The minimum Gasteiger partial charge on any atom is -0.415 e. The van der Waals surface area contributed by atoms with Gasteiger partial charge in [0, 0.05) is 11.7 Å². The van der Waals surface area contributed by atoms with Gasteiger partial charge in [0.25, 0.3) is 0 Å². The van der Waals surface area contributed by atoms with Crippen molar-refractivity contribution in [3.63, 3.8) is 0 Å². The fourth-order valence-corrected chi connectivity index (χ4v) is 5.44. The molecule has 7 heteroatoms. The Kier molecular flexibility index (Phi) is 8.06. The Labute approximate surface area is 193 Å². The van der Waals surface area contributed by atoms with Gasteiger partial charge in [0.2, 0.25) is 0 Å². The Morgan fingerprint density at radius 1 is 0.968 bits per heavy atom. The van der Waals surface area contributed by atoms with E-state index in [0.717, 1.165) is 42.7 Å². The van der Waals surface area contributed by atoms with E-state index in [-0.39, 0.29) is 22.2 Å². The highest BCUT2D eigenvalue weighted by atomic mass is 28.4. The van der Waals surface area contributed by atoms with Crippen LogP contribution in [0.2, 0.25) is 36.3 Å². The van der Waals surface area contributed by atoms with Crippen LogP contribution in [0.3, 0.4) is 0 Å². The van der Waals surface area contributed by atoms with Crippen LogP contribution < -0.4 is 5.32 Å². The van der Waals surface area contributed by atoms with Crippen molar-refractivity contribution in [2.75, 3.05) is 13.2 Å². The molecular formula is C24H45N3O2Si2. The fraction of sp³-hybridized carbons (Fsp3) is 0.833. The molecule has 0 spiro atoms. The summed E-state index contributed by atoms with van der Waals surface area (Å²) in [5, 5.41) is 13.9. The van der Waals surface area contributed by atoms with Crippen molar-refractivity contribution in [1.82, 2.24) is 5.32 Å². The molecule has 0 amide bonds. The SMILES string of the molecule is CC(C)(C)[Si](C)(C)OC[C@@H]1CCC(/C(C#N)=C2/CC[C@@H](CO[Si](C)(C)C(C)(C)C)N2)=N1. The van der Waals surface area contributed by atoms with Crippen LogP contribution in [0.1, 0.15) is 67.2 Å². The quantitative estimate of drug-likeness (QED) is 0.362. The van der Waals surface area contributed by atoms with Crippen LogP contribution in [-0.2, 0) is 8.85 Å². The molecule has 1 N–H and O–H groups in total. The van der Waals surface area contributed by atoms with Gasteiger partial charge in [0.05, 0.1) is 30.5 Å². The predicted molar refractivity (Wildman–Crippen MR) is 136 cm³/mol. The van der Waals surface area contributed by atoms with E-state index < -0.39 is 16.6 Å². The summed E-state index contributed by atoms with van der Waals surface area (Å²) in [4.78, 5) is 4.90. The summed E-state index contributed by atoms with van der Waals surface area (Å²) < 4.78 is 12.8. The van der Waals surface area contributed by atoms with E-state index >= 15 is 0 Å². The van der Waals surface area contributed by atoms with Crippen molar-refractivity contribution in [1.29, 1.82) is 5.26 Å². The number of nitriles is 1. The smallest absolute Gasteiger partial charge is 0.192 e. The molecule has 0 aliphatic carbocycles. The summed E-state index contributed by atoms with van der Waals surface area (Å²) in [7, 11) is -3.53. The van der Waals surface area contributed by atoms with E-state index in [2.05, 4.69) is 79.1 Å². The second-order valence-electron chi connectivity index (χ2n) is 12.3. The summed E-state index contributed by atoms with van der Waals surface area (Å²) in [6, 6.07) is 2.90. The Balaban J connectivity index is 1.99. The maximum absolute atomic E-state index is 9.87.